The first-order valence-electron chi connectivity index (χ1n) is 8.27. The van der Waals surface area contributed by atoms with Gasteiger partial charge in [0.1, 0.15) is 22.8 Å². The molecular formula is C19H14N4O5. The van der Waals surface area contributed by atoms with Crippen LogP contribution in [0.4, 0.5) is 5.69 Å². The lowest BCUT2D eigenvalue weighted by Gasteiger charge is -2.04. The Bertz CT molecular complexity index is 1150. The van der Waals surface area contributed by atoms with E-state index < -0.39 is 4.92 Å². The van der Waals surface area contributed by atoms with Gasteiger partial charge in [0, 0.05) is 11.6 Å². The molecule has 0 atom stereocenters. The predicted molar refractivity (Wildman–Crippen MR) is 98.6 cm³/mol. The van der Waals surface area contributed by atoms with Crippen LogP contribution in [-0.2, 0) is 0 Å². The second kappa shape index (κ2) is 6.95. The minimum Gasteiger partial charge on any atom is -0.496 e. The smallest absolute Gasteiger partial charge is 0.273 e. The normalized spacial score (nSPS) is 10.8. The Labute approximate surface area is 158 Å². The van der Waals surface area contributed by atoms with E-state index in [2.05, 4.69) is 15.4 Å². The third-order valence-electron chi connectivity index (χ3n) is 4.18. The van der Waals surface area contributed by atoms with Crippen LogP contribution in [0.25, 0.3) is 34.2 Å². The molecule has 0 spiro atoms. The summed E-state index contributed by atoms with van der Waals surface area (Å²) in [7, 11) is 1.41. The fourth-order valence-electron chi connectivity index (χ4n) is 2.82. The second-order valence-electron chi connectivity index (χ2n) is 5.88. The van der Waals surface area contributed by atoms with Crippen molar-refractivity contribution in [2.75, 3.05) is 7.11 Å². The van der Waals surface area contributed by atoms with E-state index in [0.29, 0.717) is 22.6 Å². The first-order valence-corrected chi connectivity index (χ1v) is 8.27. The van der Waals surface area contributed by atoms with Crippen molar-refractivity contribution in [3.8, 4) is 39.9 Å². The highest BCUT2D eigenvalue weighted by Crippen LogP contribution is 2.37. The zero-order chi connectivity index (χ0) is 19.7. The van der Waals surface area contributed by atoms with Gasteiger partial charge in [-0.1, -0.05) is 35.5 Å². The predicted octanol–water partition coefficient (Wildman–Crippen LogP) is 4.28. The van der Waals surface area contributed by atoms with E-state index in [0.717, 1.165) is 5.56 Å². The van der Waals surface area contributed by atoms with E-state index in [1.54, 1.807) is 6.92 Å². The van der Waals surface area contributed by atoms with Crippen molar-refractivity contribution >= 4 is 5.69 Å². The lowest BCUT2D eigenvalue weighted by Crippen LogP contribution is -1.92. The summed E-state index contributed by atoms with van der Waals surface area (Å²) in [5.74, 6) is 1.19. The number of nitro groups is 1. The molecule has 2 aromatic carbocycles. The van der Waals surface area contributed by atoms with Crippen molar-refractivity contribution < 1.29 is 18.6 Å². The summed E-state index contributed by atoms with van der Waals surface area (Å²) in [4.78, 5) is 10.5. The number of hydrogen-bond donors (Lipinski definition) is 0. The molecule has 0 radical (unpaired) electrons. The Morgan fingerprint density at radius 1 is 1.07 bits per heavy atom. The van der Waals surface area contributed by atoms with Gasteiger partial charge in [-0.15, -0.1) is 10.2 Å². The minimum absolute atomic E-state index is 0.0958. The summed E-state index contributed by atoms with van der Waals surface area (Å²) < 4.78 is 16.4. The van der Waals surface area contributed by atoms with Crippen LogP contribution in [0.15, 0.2) is 57.5 Å². The molecule has 4 aromatic rings. The zero-order valence-electron chi connectivity index (χ0n) is 14.9. The number of hydrogen-bond acceptors (Lipinski definition) is 8. The van der Waals surface area contributed by atoms with Gasteiger partial charge < -0.3 is 13.7 Å². The summed E-state index contributed by atoms with van der Waals surface area (Å²) in [6.07, 6.45) is 0. The van der Waals surface area contributed by atoms with Crippen LogP contribution in [0.1, 0.15) is 5.76 Å². The first-order chi connectivity index (χ1) is 13.6. The standard InChI is InChI=1S/C19H14N4O5/c1-11-16(17(22-28-11)12-6-4-3-5-7-12)19-21-20-18(27-19)14-9-8-13(23(24)25)10-15(14)26-2/h3-10H,1-2H3. The molecule has 0 aliphatic carbocycles. The highest BCUT2D eigenvalue weighted by Gasteiger charge is 2.24. The van der Waals surface area contributed by atoms with Crippen molar-refractivity contribution in [2.24, 2.45) is 0 Å². The van der Waals surface area contributed by atoms with Gasteiger partial charge in [-0.2, -0.15) is 0 Å². The average Bonchev–Trinajstić information content (AvgIpc) is 3.34. The molecule has 9 nitrogen and oxygen atoms in total. The number of methoxy groups -OCH3 is 1. The molecule has 0 saturated heterocycles. The van der Waals surface area contributed by atoms with Gasteiger partial charge in [-0.05, 0) is 13.0 Å². The van der Waals surface area contributed by atoms with Crippen molar-refractivity contribution in [3.05, 3.63) is 64.4 Å². The number of ether oxygens (including phenoxy) is 1. The minimum atomic E-state index is -0.502. The van der Waals surface area contributed by atoms with E-state index in [9.17, 15) is 10.1 Å². The fourth-order valence-corrected chi connectivity index (χ4v) is 2.82. The van der Waals surface area contributed by atoms with Crippen LogP contribution in [0.3, 0.4) is 0 Å². The van der Waals surface area contributed by atoms with Crippen molar-refractivity contribution in [1.29, 1.82) is 0 Å². The Kier molecular flexibility index (Phi) is 4.32. The third kappa shape index (κ3) is 2.98. The zero-order valence-corrected chi connectivity index (χ0v) is 14.9. The highest BCUT2D eigenvalue weighted by atomic mass is 16.6. The number of aryl methyl sites for hydroxylation is 1. The Hall–Kier alpha value is -4.01. The molecule has 0 N–H and O–H groups in total. The molecule has 0 bridgehead atoms. The van der Waals surface area contributed by atoms with Gasteiger partial charge in [-0.25, -0.2) is 0 Å². The number of aromatic nitrogens is 3. The summed E-state index contributed by atoms with van der Waals surface area (Å²) in [5, 5.41) is 23.2. The number of benzene rings is 2. The maximum Gasteiger partial charge on any atom is 0.273 e. The molecule has 4 rings (SSSR count). The molecule has 0 amide bonds. The Morgan fingerprint density at radius 3 is 2.54 bits per heavy atom. The number of rotatable bonds is 5. The molecule has 0 fully saturated rings. The average molecular weight is 378 g/mol. The quantitative estimate of drug-likeness (QED) is 0.373. The van der Waals surface area contributed by atoms with Crippen molar-refractivity contribution in [3.63, 3.8) is 0 Å². The molecule has 0 aliphatic rings. The number of nitrogens with zero attached hydrogens (tertiary/aromatic N) is 4. The van der Waals surface area contributed by atoms with Crippen LogP contribution in [-0.4, -0.2) is 27.4 Å². The largest absolute Gasteiger partial charge is 0.496 e. The monoisotopic (exact) mass is 378 g/mol. The molecule has 0 unspecified atom stereocenters. The molecule has 140 valence electrons. The van der Waals surface area contributed by atoms with Gasteiger partial charge in [0.05, 0.1) is 23.7 Å². The summed E-state index contributed by atoms with van der Waals surface area (Å²) in [5.41, 5.74) is 2.38. The summed E-state index contributed by atoms with van der Waals surface area (Å²) in [6, 6.07) is 13.7. The lowest BCUT2D eigenvalue weighted by atomic mass is 10.1. The second-order valence-corrected chi connectivity index (χ2v) is 5.88. The number of nitro benzene ring substituents is 1. The van der Waals surface area contributed by atoms with Crippen LogP contribution in [0.5, 0.6) is 5.75 Å². The van der Waals surface area contributed by atoms with Gasteiger partial charge in [0.2, 0.25) is 0 Å². The van der Waals surface area contributed by atoms with Crippen LogP contribution >= 0.6 is 0 Å². The maximum absolute atomic E-state index is 11.0. The third-order valence-corrected chi connectivity index (χ3v) is 4.18. The molecule has 28 heavy (non-hydrogen) atoms. The van der Waals surface area contributed by atoms with E-state index in [-0.39, 0.29) is 23.2 Å². The van der Waals surface area contributed by atoms with Crippen LogP contribution in [0, 0.1) is 17.0 Å². The topological polar surface area (TPSA) is 117 Å². The Balaban J connectivity index is 1.78. The first kappa shape index (κ1) is 17.4. The van der Waals surface area contributed by atoms with Crippen molar-refractivity contribution in [2.45, 2.75) is 6.92 Å². The van der Waals surface area contributed by atoms with E-state index in [1.165, 1.54) is 25.3 Å². The maximum atomic E-state index is 11.0. The molecule has 0 saturated carbocycles. The molecule has 9 heteroatoms. The van der Waals surface area contributed by atoms with E-state index in [4.69, 9.17) is 13.7 Å². The molecule has 2 heterocycles. The number of non-ortho nitro benzene ring substituents is 1. The van der Waals surface area contributed by atoms with Gasteiger partial charge >= 0.3 is 0 Å². The van der Waals surface area contributed by atoms with E-state index in [1.807, 2.05) is 30.3 Å². The van der Waals surface area contributed by atoms with Crippen LogP contribution in [0.2, 0.25) is 0 Å². The SMILES string of the molecule is COc1cc([N+](=O)[O-])ccc1-c1nnc(-c2c(-c3ccccc3)noc2C)o1. The molecule has 2 aromatic heterocycles. The highest BCUT2D eigenvalue weighted by molar-refractivity contribution is 5.78. The van der Waals surface area contributed by atoms with Gasteiger partial charge in [0.15, 0.2) is 0 Å². The summed E-state index contributed by atoms with van der Waals surface area (Å²) in [6.45, 7) is 1.76. The Morgan fingerprint density at radius 2 is 1.82 bits per heavy atom. The van der Waals surface area contributed by atoms with Gasteiger partial charge in [-0.3, -0.25) is 10.1 Å². The fraction of sp³-hybridized carbons (Fsp3) is 0.105. The van der Waals surface area contributed by atoms with Crippen molar-refractivity contribution in [1.82, 2.24) is 15.4 Å². The molecule has 0 aliphatic heterocycles. The lowest BCUT2D eigenvalue weighted by molar-refractivity contribution is -0.384. The molecular weight excluding hydrogens is 364 g/mol. The van der Waals surface area contributed by atoms with Gasteiger partial charge in [0.25, 0.3) is 17.5 Å². The summed E-state index contributed by atoms with van der Waals surface area (Å²) >= 11 is 0. The van der Waals surface area contributed by atoms with Crippen LogP contribution < -0.4 is 4.74 Å². The van der Waals surface area contributed by atoms with E-state index >= 15 is 0 Å².